The van der Waals surface area contributed by atoms with Crippen LogP contribution in [-0.2, 0) is 15.5 Å². The number of phosphoric acid groups is 1. The van der Waals surface area contributed by atoms with Crippen molar-refractivity contribution in [3.63, 3.8) is 0 Å². The molecule has 1 saturated carbocycles. The van der Waals surface area contributed by atoms with Crippen molar-refractivity contribution >= 4 is 7.82 Å². The van der Waals surface area contributed by atoms with Crippen molar-refractivity contribution in [1.29, 1.82) is 0 Å². The van der Waals surface area contributed by atoms with E-state index >= 15 is 0 Å². The van der Waals surface area contributed by atoms with Gasteiger partial charge in [-0.15, -0.1) is 0 Å². The maximum atomic E-state index is 11.0. The van der Waals surface area contributed by atoms with Crippen LogP contribution < -0.4 is 10.5 Å². The van der Waals surface area contributed by atoms with E-state index in [0.29, 0.717) is 24.9 Å². The zero-order valence-electron chi connectivity index (χ0n) is 16.8. The van der Waals surface area contributed by atoms with Crippen molar-refractivity contribution in [1.82, 2.24) is 0 Å². The Bertz CT molecular complexity index is 706. The number of fused-ring (bicyclic) bond motifs is 1. The average molecular weight is 411 g/mol. The van der Waals surface area contributed by atoms with Gasteiger partial charge in [0.2, 0.25) is 0 Å². The summed E-state index contributed by atoms with van der Waals surface area (Å²) in [6.07, 6.45) is 11.0. The lowest BCUT2D eigenvalue weighted by atomic mass is 9.90. The second-order valence-electron chi connectivity index (χ2n) is 8.56. The number of nitrogens with two attached hydrogens (primary N) is 1. The third-order valence-corrected chi connectivity index (χ3v) is 6.59. The highest BCUT2D eigenvalue weighted by Crippen LogP contribution is 2.44. The molecule has 4 N–H and O–H groups in total. The highest BCUT2D eigenvalue weighted by Gasteiger charge is 2.38. The van der Waals surface area contributed by atoms with E-state index in [1.54, 1.807) is 0 Å². The minimum Gasteiger partial charge on any atom is -0.490 e. The van der Waals surface area contributed by atoms with Crippen LogP contribution in [0.25, 0.3) is 0 Å². The van der Waals surface area contributed by atoms with Gasteiger partial charge in [-0.3, -0.25) is 4.52 Å². The van der Waals surface area contributed by atoms with Crippen molar-refractivity contribution in [3.8, 4) is 5.75 Å². The number of phosphoric ester groups is 1. The van der Waals surface area contributed by atoms with Gasteiger partial charge in [-0.2, -0.15) is 0 Å². The monoisotopic (exact) mass is 411 g/mol. The molecule has 0 amide bonds. The first-order valence-corrected chi connectivity index (χ1v) is 12.1. The van der Waals surface area contributed by atoms with Crippen molar-refractivity contribution in [3.05, 3.63) is 29.3 Å². The second-order valence-corrected chi connectivity index (χ2v) is 9.80. The van der Waals surface area contributed by atoms with E-state index in [9.17, 15) is 4.57 Å². The van der Waals surface area contributed by atoms with Crippen LogP contribution in [0, 0.1) is 0 Å². The molecule has 0 saturated heterocycles. The quantitative estimate of drug-likeness (QED) is 0.411. The van der Waals surface area contributed by atoms with Crippen LogP contribution in [0.15, 0.2) is 18.2 Å². The molecule has 1 aromatic carbocycles. The molecular weight excluding hydrogens is 377 g/mol. The molecule has 0 radical (unpaired) electrons. The Labute approximate surface area is 168 Å². The summed E-state index contributed by atoms with van der Waals surface area (Å²) in [6.45, 7) is 2.12. The van der Waals surface area contributed by atoms with Gasteiger partial charge < -0.3 is 20.3 Å². The summed E-state index contributed by atoms with van der Waals surface area (Å²) in [5, 5.41) is 0. The number of aryl methyl sites for hydroxylation is 1. The van der Waals surface area contributed by atoms with Crippen molar-refractivity contribution in [2.75, 3.05) is 6.61 Å². The zero-order valence-corrected chi connectivity index (χ0v) is 17.7. The summed E-state index contributed by atoms with van der Waals surface area (Å²) >= 11 is 0. The van der Waals surface area contributed by atoms with Gasteiger partial charge in [0.1, 0.15) is 5.75 Å². The van der Waals surface area contributed by atoms with Crippen molar-refractivity contribution < 1.29 is 23.6 Å². The van der Waals surface area contributed by atoms with Crippen LogP contribution in [0.5, 0.6) is 5.75 Å². The molecule has 1 unspecified atom stereocenters. The molecule has 1 aliphatic heterocycles. The van der Waals surface area contributed by atoms with Gasteiger partial charge in [-0.1, -0.05) is 38.3 Å². The van der Waals surface area contributed by atoms with Crippen LogP contribution >= 0.6 is 7.82 Å². The van der Waals surface area contributed by atoms with E-state index in [0.717, 1.165) is 31.4 Å². The Morgan fingerprint density at radius 1 is 1.29 bits per heavy atom. The summed E-state index contributed by atoms with van der Waals surface area (Å²) in [5.41, 5.74) is 8.16. The van der Waals surface area contributed by atoms with Gasteiger partial charge in [0.25, 0.3) is 0 Å². The molecule has 7 heteroatoms. The van der Waals surface area contributed by atoms with Gasteiger partial charge in [0, 0.05) is 5.54 Å². The Morgan fingerprint density at radius 2 is 2.11 bits per heavy atom. The highest BCUT2D eigenvalue weighted by atomic mass is 31.2. The third kappa shape index (κ3) is 6.04. The summed E-state index contributed by atoms with van der Waals surface area (Å²) < 4.78 is 21.9. The van der Waals surface area contributed by atoms with E-state index in [-0.39, 0.29) is 6.61 Å². The first-order chi connectivity index (χ1) is 13.3. The normalized spacial score (nSPS) is 27.4. The molecule has 3 rings (SSSR count). The lowest BCUT2D eigenvalue weighted by Gasteiger charge is -2.27. The van der Waals surface area contributed by atoms with Gasteiger partial charge in [0.15, 0.2) is 0 Å². The van der Waals surface area contributed by atoms with Crippen molar-refractivity contribution in [2.45, 2.75) is 88.7 Å². The molecule has 158 valence electrons. The van der Waals surface area contributed by atoms with E-state index in [2.05, 4.69) is 29.6 Å². The lowest BCUT2D eigenvalue weighted by molar-refractivity contribution is 0.153. The molecular formula is C21H34NO5P. The van der Waals surface area contributed by atoms with Crippen LogP contribution in [-0.4, -0.2) is 28.0 Å². The second kappa shape index (κ2) is 9.27. The average Bonchev–Trinajstić information content (AvgIpc) is 3.05. The van der Waals surface area contributed by atoms with Crippen LogP contribution in [0.2, 0.25) is 0 Å². The lowest BCUT2D eigenvalue weighted by Crippen LogP contribution is -2.41. The summed E-state index contributed by atoms with van der Waals surface area (Å²) in [7, 11) is -4.48. The number of rotatable bonds is 9. The third-order valence-electron chi connectivity index (χ3n) is 6.13. The number of benzene rings is 1. The Morgan fingerprint density at radius 3 is 2.86 bits per heavy atom. The Balaban J connectivity index is 1.56. The Hall–Kier alpha value is -0.910. The SMILES string of the molecule is CCCCCCC1CCc2cc([C@H]3CC[C@](N)(COP(=O)(O)O)C3)ccc2O1. The molecule has 6 nitrogen and oxygen atoms in total. The summed E-state index contributed by atoms with van der Waals surface area (Å²) in [4.78, 5) is 17.9. The highest BCUT2D eigenvalue weighted by molar-refractivity contribution is 7.46. The van der Waals surface area contributed by atoms with Gasteiger partial charge in [0.05, 0.1) is 12.7 Å². The smallest absolute Gasteiger partial charge is 0.469 e. The zero-order chi connectivity index (χ0) is 20.2. The first-order valence-electron chi connectivity index (χ1n) is 10.6. The topological polar surface area (TPSA) is 102 Å². The number of unbranched alkanes of at least 4 members (excludes halogenated alkanes) is 3. The molecule has 1 aromatic rings. The van der Waals surface area contributed by atoms with Gasteiger partial charge >= 0.3 is 7.82 Å². The molecule has 0 aromatic heterocycles. The van der Waals surface area contributed by atoms with E-state index < -0.39 is 13.4 Å². The van der Waals surface area contributed by atoms with Crippen LogP contribution in [0.3, 0.4) is 0 Å². The minimum absolute atomic E-state index is 0.110. The maximum Gasteiger partial charge on any atom is 0.469 e. The fourth-order valence-electron chi connectivity index (χ4n) is 4.51. The number of hydrogen-bond acceptors (Lipinski definition) is 4. The summed E-state index contributed by atoms with van der Waals surface area (Å²) in [5.74, 6) is 1.31. The molecule has 0 bridgehead atoms. The van der Waals surface area contributed by atoms with E-state index in [4.69, 9.17) is 20.3 Å². The molecule has 3 atom stereocenters. The van der Waals surface area contributed by atoms with Crippen LogP contribution in [0.4, 0.5) is 0 Å². The largest absolute Gasteiger partial charge is 0.490 e. The molecule has 1 fully saturated rings. The van der Waals surface area contributed by atoms with Gasteiger partial charge in [-0.05, 0) is 68.1 Å². The summed E-state index contributed by atoms with van der Waals surface area (Å²) in [6, 6.07) is 6.45. The minimum atomic E-state index is -4.48. The number of ether oxygens (including phenoxy) is 1. The molecule has 28 heavy (non-hydrogen) atoms. The molecule has 1 heterocycles. The fourth-order valence-corrected chi connectivity index (χ4v) is 4.93. The molecule has 1 aliphatic carbocycles. The predicted octanol–water partition coefficient (Wildman–Crippen LogP) is 4.42. The van der Waals surface area contributed by atoms with Crippen LogP contribution in [0.1, 0.15) is 81.8 Å². The van der Waals surface area contributed by atoms with E-state index in [1.165, 1.54) is 36.8 Å². The standard InChI is InChI=1S/C21H34NO5P/c1-2-3-4-5-6-19-9-7-17-13-16(8-10-20(17)27-19)18-11-12-21(22,14-18)15-26-28(23,24)25/h8,10,13,18-19H,2-7,9,11-12,14-15,22H2,1H3,(H2,23,24,25)/t18-,19?,21+/m0/s1. The predicted molar refractivity (Wildman–Crippen MR) is 109 cm³/mol. The fraction of sp³-hybridized carbons (Fsp3) is 0.714. The maximum absolute atomic E-state index is 11.0. The molecule has 2 aliphatic rings. The first kappa shape index (κ1) is 21.8. The molecule has 0 spiro atoms. The van der Waals surface area contributed by atoms with E-state index in [1.807, 2.05) is 0 Å². The van der Waals surface area contributed by atoms with Crippen molar-refractivity contribution in [2.24, 2.45) is 5.73 Å². The Kier molecular flexibility index (Phi) is 7.21. The number of hydrogen-bond donors (Lipinski definition) is 3. The van der Waals surface area contributed by atoms with Gasteiger partial charge in [-0.25, -0.2) is 4.57 Å².